The number of fused-ring (bicyclic) bond motifs is 8. The van der Waals surface area contributed by atoms with E-state index < -0.39 is 5.60 Å². The van der Waals surface area contributed by atoms with Crippen molar-refractivity contribution in [2.75, 3.05) is 68.7 Å². The molecular formula is C45H46N2O3S. The predicted octanol–water partition coefficient (Wildman–Crippen LogP) is 9.67. The average molecular weight is 695 g/mol. The Balaban J connectivity index is 1.31. The summed E-state index contributed by atoms with van der Waals surface area (Å²) in [7, 11) is 0. The van der Waals surface area contributed by atoms with Crippen LogP contribution in [0.15, 0.2) is 102 Å². The lowest BCUT2D eigenvalue weighted by molar-refractivity contribution is 0.122. The molecule has 0 N–H and O–H groups in total. The van der Waals surface area contributed by atoms with E-state index in [1.54, 1.807) is 0 Å². The molecule has 51 heavy (non-hydrogen) atoms. The molecule has 9 rings (SSSR count). The summed E-state index contributed by atoms with van der Waals surface area (Å²) in [6.45, 7) is 11.4. The molecule has 0 spiro atoms. The first-order valence-corrected chi connectivity index (χ1v) is 19.9. The molecule has 2 fully saturated rings. The van der Waals surface area contributed by atoms with Gasteiger partial charge in [0.1, 0.15) is 5.75 Å². The van der Waals surface area contributed by atoms with Crippen molar-refractivity contribution in [2.24, 2.45) is 0 Å². The van der Waals surface area contributed by atoms with E-state index in [-0.39, 0.29) is 5.41 Å². The lowest BCUT2D eigenvalue weighted by Gasteiger charge is -2.40. The molecule has 5 nitrogen and oxygen atoms in total. The van der Waals surface area contributed by atoms with Crippen molar-refractivity contribution >= 4 is 40.0 Å². The van der Waals surface area contributed by atoms with E-state index in [2.05, 4.69) is 133 Å². The summed E-state index contributed by atoms with van der Waals surface area (Å²) in [5, 5.41) is 2.46. The normalized spacial score (nSPS) is 20.5. The van der Waals surface area contributed by atoms with Gasteiger partial charge in [-0.2, -0.15) is 0 Å². The van der Waals surface area contributed by atoms with Gasteiger partial charge in [-0.15, -0.1) is 11.8 Å². The summed E-state index contributed by atoms with van der Waals surface area (Å²) in [6.07, 6.45) is 8.97. The minimum absolute atomic E-state index is 0.109. The maximum Gasteiger partial charge on any atom is 0.178 e. The summed E-state index contributed by atoms with van der Waals surface area (Å²) in [5.41, 5.74) is 10.7. The van der Waals surface area contributed by atoms with Gasteiger partial charge in [-0.25, -0.2) is 0 Å². The fourth-order valence-electron chi connectivity index (χ4n) is 9.29. The summed E-state index contributed by atoms with van der Waals surface area (Å²) >= 11 is 1.82. The second-order valence-corrected chi connectivity index (χ2v) is 15.0. The molecule has 1 unspecified atom stereocenters. The lowest BCUT2D eigenvalue weighted by atomic mass is 9.71. The molecule has 5 aromatic rings. The molecule has 1 aliphatic carbocycles. The third-order valence-corrected chi connectivity index (χ3v) is 12.7. The molecule has 0 saturated carbocycles. The van der Waals surface area contributed by atoms with Gasteiger partial charge in [0, 0.05) is 64.3 Å². The molecule has 3 aliphatic heterocycles. The van der Waals surface area contributed by atoms with Crippen LogP contribution < -0.4 is 14.5 Å². The minimum Gasteiger partial charge on any atom is -0.472 e. The van der Waals surface area contributed by atoms with E-state index in [9.17, 15) is 0 Å². The van der Waals surface area contributed by atoms with E-state index in [0.717, 1.165) is 82.3 Å². The van der Waals surface area contributed by atoms with Crippen molar-refractivity contribution in [3.05, 3.63) is 125 Å². The Morgan fingerprint density at radius 1 is 0.706 bits per heavy atom. The van der Waals surface area contributed by atoms with Gasteiger partial charge in [-0.05, 0) is 77.1 Å². The average Bonchev–Trinajstić information content (AvgIpc) is 3.52. The van der Waals surface area contributed by atoms with E-state index >= 15 is 0 Å². The third-order valence-electron chi connectivity index (χ3n) is 12.0. The van der Waals surface area contributed by atoms with Gasteiger partial charge in [0.25, 0.3) is 0 Å². The zero-order chi connectivity index (χ0) is 34.6. The highest BCUT2D eigenvalue weighted by Gasteiger charge is 2.47. The van der Waals surface area contributed by atoms with Crippen molar-refractivity contribution < 1.29 is 14.2 Å². The zero-order valence-corrected chi connectivity index (χ0v) is 30.7. The van der Waals surface area contributed by atoms with Crippen LogP contribution in [0.3, 0.4) is 0 Å². The van der Waals surface area contributed by atoms with Crippen LogP contribution in [-0.4, -0.2) is 58.9 Å². The fraction of sp³-hybridized carbons (Fsp3) is 0.333. The lowest BCUT2D eigenvalue weighted by Crippen LogP contribution is -2.37. The van der Waals surface area contributed by atoms with Crippen LogP contribution >= 0.6 is 11.8 Å². The minimum atomic E-state index is -0.798. The molecule has 6 heteroatoms. The van der Waals surface area contributed by atoms with Crippen molar-refractivity contribution in [1.82, 2.24) is 0 Å². The van der Waals surface area contributed by atoms with Crippen molar-refractivity contribution in [3.8, 4) is 16.9 Å². The number of benzene rings is 5. The van der Waals surface area contributed by atoms with Crippen LogP contribution in [0.1, 0.15) is 54.5 Å². The summed E-state index contributed by atoms with van der Waals surface area (Å²) in [6, 6.07) is 33.9. The Kier molecular flexibility index (Phi) is 8.37. The number of nitrogens with zero attached hydrogens (tertiary/aromatic N) is 2. The summed E-state index contributed by atoms with van der Waals surface area (Å²) < 4.78 is 19.2. The van der Waals surface area contributed by atoms with Gasteiger partial charge < -0.3 is 24.0 Å². The van der Waals surface area contributed by atoms with Gasteiger partial charge in [0.2, 0.25) is 0 Å². The smallest absolute Gasteiger partial charge is 0.178 e. The van der Waals surface area contributed by atoms with E-state index in [1.807, 2.05) is 11.8 Å². The largest absolute Gasteiger partial charge is 0.472 e. The van der Waals surface area contributed by atoms with Crippen molar-refractivity contribution in [3.63, 3.8) is 0 Å². The van der Waals surface area contributed by atoms with Gasteiger partial charge in [-0.1, -0.05) is 86.7 Å². The van der Waals surface area contributed by atoms with Crippen LogP contribution in [0.2, 0.25) is 0 Å². The Labute approximate surface area is 306 Å². The Hall–Kier alpha value is -4.23. The number of ether oxygens (including phenoxy) is 3. The quantitative estimate of drug-likeness (QED) is 0.158. The highest BCUT2D eigenvalue weighted by molar-refractivity contribution is 7.98. The predicted molar refractivity (Wildman–Crippen MR) is 212 cm³/mol. The molecule has 260 valence electrons. The maximum atomic E-state index is 7.72. The molecule has 0 radical (unpaired) electrons. The van der Waals surface area contributed by atoms with E-state index in [1.165, 1.54) is 54.9 Å². The number of anilines is 2. The molecule has 0 amide bonds. The fourth-order valence-corrected chi connectivity index (χ4v) is 9.92. The number of hydrogen-bond donors (Lipinski definition) is 0. The van der Waals surface area contributed by atoms with Crippen molar-refractivity contribution in [2.45, 2.75) is 42.6 Å². The molecule has 4 aliphatic rings. The number of rotatable bonds is 7. The summed E-state index contributed by atoms with van der Waals surface area (Å²) in [4.78, 5) is 6.20. The van der Waals surface area contributed by atoms with Gasteiger partial charge in [0.15, 0.2) is 5.60 Å². The molecule has 1 atom stereocenters. The van der Waals surface area contributed by atoms with Gasteiger partial charge in [0.05, 0.1) is 32.1 Å². The first-order valence-electron chi connectivity index (χ1n) is 18.6. The first-order chi connectivity index (χ1) is 25.1. The first kappa shape index (κ1) is 32.7. The van der Waals surface area contributed by atoms with Gasteiger partial charge >= 0.3 is 0 Å². The van der Waals surface area contributed by atoms with Crippen LogP contribution in [0.5, 0.6) is 5.75 Å². The molecule has 0 aromatic heterocycles. The van der Waals surface area contributed by atoms with Crippen LogP contribution in [0.25, 0.3) is 28.0 Å². The maximum absolute atomic E-state index is 7.72. The molecule has 0 bridgehead atoms. The molecule has 5 aromatic carbocycles. The van der Waals surface area contributed by atoms with E-state index in [0.29, 0.717) is 0 Å². The second kappa shape index (κ2) is 13.1. The highest BCUT2D eigenvalue weighted by Crippen LogP contribution is 2.61. The monoisotopic (exact) mass is 694 g/mol. The Bertz CT molecular complexity index is 2110. The molecule has 3 heterocycles. The zero-order valence-electron chi connectivity index (χ0n) is 29.9. The van der Waals surface area contributed by atoms with Crippen LogP contribution in [0.4, 0.5) is 11.4 Å². The third kappa shape index (κ3) is 5.05. The standard InChI is InChI=1S/C45H46N2O3S/c1-4-44(5-2)38-14-10-9-13-34(38)41-36-29-39(47-23-27-49-28-24-47)40(51-3)30-37(36)43-35(42(41)44)19-20-45(50-43,31-11-7-6-8-12-31)32-15-17-33(18-16-32)46-21-25-48-26-22-46/h6-20,29-30H,4-5,21-28H2,1-3H3. The second-order valence-electron chi connectivity index (χ2n) is 14.2. The number of hydrogen-bond acceptors (Lipinski definition) is 6. The molecular weight excluding hydrogens is 649 g/mol. The Morgan fingerprint density at radius 2 is 1.35 bits per heavy atom. The van der Waals surface area contributed by atoms with Crippen molar-refractivity contribution in [1.29, 1.82) is 0 Å². The highest BCUT2D eigenvalue weighted by atomic mass is 32.2. The van der Waals surface area contributed by atoms with Gasteiger partial charge in [-0.3, -0.25) is 0 Å². The topological polar surface area (TPSA) is 34.2 Å². The number of morpholine rings is 2. The van der Waals surface area contributed by atoms with Crippen LogP contribution in [0, 0.1) is 0 Å². The Morgan fingerprint density at radius 3 is 2.04 bits per heavy atom. The van der Waals surface area contributed by atoms with E-state index in [4.69, 9.17) is 14.2 Å². The molecule has 2 saturated heterocycles. The van der Waals surface area contributed by atoms with Crippen LogP contribution in [-0.2, 0) is 20.5 Å². The number of thioether (sulfide) groups is 1. The summed E-state index contributed by atoms with van der Waals surface area (Å²) in [5.74, 6) is 0.982. The SMILES string of the molecule is CCC1(CC)c2ccccc2-c2c1c1c(c3cc(SC)c(N4CCOCC4)cc23)OC(c2ccccc2)(c2ccc(N3CCOCC3)cc2)C=C1.